The maximum atomic E-state index is 10.2. The number of carbonyl (C=O) groups is 1. The van der Waals surface area contributed by atoms with Gasteiger partial charge < -0.3 is 5.11 Å². The molecule has 4 nitrogen and oxygen atoms in total. The molecule has 0 atom stereocenters. The Morgan fingerprint density at radius 1 is 1.31 bits per heavy atom. The fraction of sp³-hybridized carbons (Fsp3) is 0. The smallest absolute Gasteiger partial charge is 0.173 e. The minimum absolute atomic E-state index is 0.108. The summed E-state index contributed by atoms with van der Waals surface area (Å²) in [6, 6.07) is 8.93. The van der Waals surface area contributed by atoms with E-state index in [1.54, 1.807) is 24.3 Å². The van der Waals surface area contributed by atoms with Crippen LogP contribution in [0.15, 0.2) is 52.5 Å². The van der Waals surface area contributed by atoms with Crippen molar-refractivity contribution < 1.29 is 9.90 Å². The first-order valence-electron chi connectivity index (χ1n) is 3.63. The third-order valence-electron chi connectivity index (χ3n) is 1.29. The molecule has 0 bridgehead atoms. The Morgan fingerprint density at radius 3 is 2.54 bits per heavy atom. The Kier molecular flexibility index (Phi) is 3.38. The first-order chi connectivity index (χ1) is 6.36. The fourth-order valence-corrected chi connectivity index (χ4v) is 0.690. The van der Waals surface area contributed by atoms with Gasteiger partial charge >= 0.3 is 0 Å². The summed E-state index contributed by atoms with van der Waals surface area (Å²) in [5.74, 6) is 0. The third kappa shape index (κ3) is 2.86. The van der Waals surface area contributed by atoms with E-state index in [0.29, 0.717) is 18.2 Å². The van der Waals surface area contributed by atoms with Gasteiger partial charge in [-0.05, 0) is 12.1 Å². The maximum absolute atomic E-state index is 10.2. The molecule has 0 saturated heterocycles. The minimum Gasteiger partial charge on any atom is -0.513 e. The first-order valence-corrected chi connectivity index (χ1v) is 3.63. The van der Waals surface area contributed by atoms with Gasteiger partial charge in [0.25, 0.3) is 0 Å². The van der Waals surface area contributed by atoms with E-state index in [9.17, 15) is 4.79 Å². The van der Waals surface area contributed by atoms with Gasteiger partial charge in [0.05, 0.1) is 5.69 Å². The molecule has 0 spiro atoms. The van der Waals surface area contributed by atoms with E-state index in [0.717, 1.165) is 0 Å². The molecule has 66 valence electrons. The molecule has 0 saturated carbocycles. The van der Waals surface area contributed by atoms with Crippen LogP contribution in [0.3, 0.4) is 0 Å². The van der Waals surface area contributed by atoms with Crippen LogP contribution in [0.25, 0.3) is 0 Å². The molecule has 0 aliphatic heterocycles. The second kappa shape index (κ2) is 4.82. The standard InChI is InChI=1S/C9H8N2O2/c12-6-9(7-13)11-10-8-4-2-1-3-5-8/h1-7,12H/b9-6+,11-10?. The number of aliphatic hydroxyl groups is 1. The average Bonchev–Trinajstić information content (AvgIpc) is 2.21. The summed E-state index contributed by atoms with van der Waals surface area (Å²) in [6.07, 6.45) is 1.03. The van der Waals surface area contributed by atoms with Gasteiger partial charge in [-0.25, -0.2) is 0 Å². The van der Waals surface area contributed by atoms with Gasteiger partial charge in [0.2, 0.25) is 0 Å². The van der Waals surface area contributed by atoms with Crippen LogP contribution < -0.4 is 0 Å². The van der Waals surface area contributed by atoms with E-state index in [2.05, 4.69) is 10.2 Å². The fourth-order valence-electron chi connectivity index (χ4n) is 0.690. The molecule has 4 heteroatoms. The largest absolute Gasteiger partial charge is 0.513 e. The number of nitrogens with zero attached hydrogens (tertiary/aromatic N) is 2. The van der Waals surface area contributed by atoms with Gasteiger partial charge in [-0.15, -0.1) is 5.11 Å². The molecule has 0 fully saturated rings. The zero-order chi connectivity index (χ0) is 9.52. The highest BCUT2D eigenvalue weighted by Crippen LogP contribution is 2.11. The van der Waals surface area contributed by atoms with Crippen molar-refractivity contribution in [3.8, 4) is 0 Å². The van der Waals surface area contributed by atoms with Crippen molar-refractivity contribution in [2.24, 2.45) is 10.2 Å². The van der Waals surface area contributed by atoms with Crippen molar-refractivity contribution in [1.29, 1.82) is 0 Å². The molecule has 0 amide bonds. The van der Waals surface area contributed by atoms with Crippen molar-refractivity contribution in [3.63, 3.8) is 0 Å². The van der Waals surface area contributed by atoms with E-state index in [1.807, 2.05) is 6.07 Å². The highest BCUT2D eigenvalue weighted by molar-refractivity contribution is 5.71. The SMILES string of the molecule is O=C/C(=C\O)N=Nc1ccccc1. The number of hydrogen-bond donors (Lipinski definition) is 1. The molecule has 0 unspecified atom stereocenters. The summed E-state index contributed by atoms with van der Waals surface area (Å²) < 4.78 is 0. The zero-order valence-corrected chi connectivity index (χ0v) is 6.79. The number of rotatable bonds is 3. The monoisotopic (exact) mass is 176 g/mol. The summed E-state index contributed by atoms with van der Waals surface area (Å²) in [5, 5.41) is 15.7. The van der Waals surface area contributed by atoms with Crippen molar-refractivity contribution in [2.45, 2.75) is 0 Å². The predicted molar refractivity (Wildman–Crippen MR) is 47.7 cm³/mol. The minimum atomic E-state index is -0.108. The summed E-state index contributed by atoms with van der Waals surface area (Å²) >= 11 is 0. The highest BCUT2D eigenvalue weighted by atomic mass is 16.2. The molecule has 13 heavy (non-hydrogen) atoms. The summed E-state index contributed by atoms with van der Waals surface area (Å²) in [5.41, 5.74) is 0.521. The van der Waals surface area contributed by atoms with E-state index >= 15 is 0 Å². The van der Waals surface area contributed by atoms with Crippen molar-refractivity contribution in [3.05, 3.63) is 42.3 Å². The average molecular weight is 176 g/mol. The summed E-state index contributed by atoms with van der Waals surface area (Å²) in [7, 11) is 0. The summed E-state index contributed by atoms with van der Waals surface area (Å²) in [4.78, 5) is 10.2. The van der Waals surface area contributed by atoms with Gasteiger partial charge in [-0.2, -0.15) is 5.11 Å². The molecule has 0 aliphatic rings. The van der Waals surface area contributed by atoms with Gasteiger partial charge in [-0.1, -0.05) is 18.2 Å². The molecule has 0 aliphatic carbocycles. The molecule has 0 heterocycles. The van der Waals surface area contributed by atoms with Crippen molar-refractivity contribution in [2.75, 3.05) is 0 Å². The number of hydrogen-bond acceptors (Lipinski definition) is 4. The van der Waals surface area contributed by atoms with E-state index in [-0.39, 0.29) is 5.70 Å². The second-order valence-corrected chi connectivity index (χ2v) is 2.21. The summed E-state index contributed by atoms with van der Waals surface area (Å²) in [6.45, 7) is 0. The van der Waals surface area contributed by atoms with E-state index in [1.165, 1.54) is 0 Å². The van der Waals surface area contributed by atoms with Gasteiger partial charge in [-0.3, -0.25) is 4.79 Å². The lowest BCUT2D eigenvalue weighted by atomic mass is 10.3. The molecule has 1 rings (SSSR count). The molecule has 0 aromatic heterocycles. The molecule has 0 radical (unpaired) electrons. The zero-order valence-electron chi connectivity index (χ0n) is 6.79. The number of aliphatic hydroxyl groups excluding tert-OH is 1. The first kappa shape index (κ1) is 9.12. The molecule has 1 aromatic rings. The van der Waals surface area contributed by atoms with Crippen LogP contribution in [0.1, 0.15) is 0 Å². The normalized spacial score (nSPS) is 11.8. The van der Waals surface area contributed by atoms with E-state index in [4.69, 9.17) is 5.11 Å². The predicted octanol–water partition coefficient (Wildman–Crippen LogP) is 2.37. The highest BCUT2D eigenvalue weighted by Gasteiger charge is 1.90. The van der Waals surface area contributed by atoms with Crippen LogP contribution in [0.4, 0.5) is 5.69 Å². The Labute approximate surface area is 75.2 Å². The number of benzene rings is 1. The number of aldehydes is 1. The van der Waals surface area contributed by atoms with Crippen LogP contribution in [0, 0.1) is 0 Å². The lowest BCUT2D eigenvalue weighted by Crippen LogP contribution is -1.76. The molecular weight excluding hydrogens is 168 g/mol. The van der Waals surface area contributed by atoms with Crippen molar-refractivity contribution >= 4 is 12.0 Å². The Balaban J connectivity index is 2.74. The van der Waals surface area contributed by atoms with Crippen molar-refractivity contribution in [1.82, 2.24) is 0 Å². The van der Waals surface area contributed by atoms with Gasteiger partial charge in [0.1, 0.15) is 6.26 Å². The topological polar surface area (TPSA) is 62.0 Å². The van der Waals surface area contributed by atoms with Crippen LogP contribution in [-0.4, -0.2) is 11.4 Å². The number of azo groups is 1. The quantitative estimate of drug-likeness (QED) is 0.332. The number of carbonyl (C=O) groups excluding carboxylic acids is 1. The van der Waals surface area contributed by atoms with E-state index < -0.39 is 0 Å². The Bertz CT molecular complexity index is 331. The number of allylic oxidation sites excluding steroid dienone is 1. The maximum Gasteiger partial charge on any atom is 0.173 e. The van der Waals surface area contributed by atoms with Crippen LogP contribution in [0.5, 0.6) is 0 Å². The molecular formula is C9H8N2O2. The molecule has 1 aromatic carbocycles. The van der Waals surface area contributed by atoms with Gasteiger partial charge in [0.15, 0.2) is 12.0 Å². The lowest BCUT2D eigenvalue weighted by Gasteiger charge is -1.88. The Hall–Kier alpha value is -1.97. The lowest BCUT2D eigenvalue weighted by molar-refractivity contribution is -0.105. The van der Waals surface area contributed by atoms with Gasteiger partial charge in [0, 0.05) is 0 Å². The second-order valence-electron chi connectivity index (χ2n) is 2.21. The van der Waals surface area contributed by atoms with Crippen LogP contribution >= 0.6 is 0 Å². The van der Waals surface area contributed by atoms with Crippen LogP contribution in [0.2, 0.25) is 0 Å². The third-order valence-corrected chi connectivity index (χ3v) is 1.29. The Morgan fingerprint density at radius 2 is 2.00 bits per heavy atom. The molecule has 1 N–H and O–H groups in total. The van der Waals surface area contributed by atoms with Crippen LogP contribution in [-0.2, 0) is 4.79 Å².